The molecule has 0 bridgehead atoms. The van der Waals surface area contributed by atoms with Crippen LogP contribution < -0.4 is 5.73 Å². The van der Waals surface area contributed by atoms with E-state index in [1.165, 1.54) is 10.9 Å². The van der Waals surface area contributed by atoms with Gasteiger partial charge in [-0.25, -0.2) is 0 Å². The quantitative estimate of drug-likeness (QED) is 0.867. The third-order valence-corrected chi connectivity index (χ3v) is 3.95. The Kier molecular flexibility index (Phi) is 2.84. The van der Waals surface area contributed by atoms with Crippen LogP contribution >= 0.6 is 0 Å². The number of hydrogen-bond donors (Lipinski definition) is 1. The number of nitrogens with two attached hydrogens (primary N) is 1. The van der Waals surface area contributed by atoms with Gasteiger partial charge in [0.2, 0.25) is 0 Å². The van der Waals surface area contributed by atoms with Crippen molar-refractivity contribution in [2.75, 3.05) is 13.1 Å². The molecule has 2 heterocycles. The molecule has 2 N–H and O–H groups in total. The molecular weight excluding hydrogens is 224 g/mol. The Hall–Kier alpha value is -1.39. The van der Waals surface area contributed by atoms with Gasteiger partial charge in [-0.1, -0.05) is 25.1 Å². The normalized spacial score (nSPS) is 25.1. The maximum absolute atomic E-state index is 6.07. The largest absolute Gasteiger partial charge is 0.326 e. The van der Waals surface area contributed by atoms with E-state index in [1.54, 1.807) is 0 Å². The molecule has 0 radical (unpaired) electrons. The van der Waals surface area contributed by atoms with Gasteiger partial charge in [-0.3, -0.25) is 9.58 Å². The van der Waals surface area contributed by atoms with Crippen molar-refractivity contribution >= 4 is 10.9 Å². The SMILES string of the molecule is CC1CN(Cc2nn(C)c3ccccc23)CC1N. The number of aryl methyl sites for hydroxylation is 1. The number of hydrogen-bond acceptors (Lipinski definition) is 3. The third-order valence-electron chi connectivity index (χ3n) is 3.95. The summed E-state index contributed by atoms with van der Waals surface area (Å²) in [4.78, 5) is 2.41. The lowest BCUT2D eigenvalue weighted by Crippen LogP contribution is -2.28. The van der Waals surface area contributed by atoms with Crippen molar-refractivity contribution in [2.45, 2.75) is 19.5 Å². The lowest BCUT2D eigenvalue weighted by Gasteiger charge is -2.13. The van der Waals surface area contributed by atoms with Crippen LogP contribution in [-0.2, 0) is 13.6 Å². The third kappa shape index (κ3) is 1.91. The Morgan fingerprint density at radius 2 is 2.11 bits per heavy atom. The maximum Gasteiger partial charge on any atom is 0.0843 e. The van der Waals surface area contributed by atoms with Gasteiger partial charge in [0.25, 0.3) is 0 Å². The predicted molar refractivity (Wildman–Crippen MR) is 73.1 cm³/mol. The first kappa shape index (κ1) is 11.7. The summed E-state index contributed by atoms with van der Waals surface area (Å²) in [6, 6.07) is 8.70. The minimum atomic E-state index is 0.306. The van der Waals surface area contributed by atoms with E-state index < -0.39 is 0 Å². The number of nitrogens with zero attached hydrogens (tertiary/aromatic N) is 3. The van der Waals surface area contributed by atoms with Crippen molar-refractivity contribution in [2.24, 2.45) is 18.7 Å². The molecule has 1 aromatic carbocycles. The average Bonchev–Trinajstić information content (AvgIpc) is 2.83. The van der Waals surface area contributed by atoms with Crippen molar-refractivity contribution in [3.63, 3.8) is 0 Å². The maximum atomic E-state index is 6.07. The molecule has 4 nitrogen and oxygen atoms in total. The average molecular weight is 244 g/mol. The van der Waals surface area contributed by atoms with E-state index in [-0.39, 0.29) is 0 Å². The minimum absolute atomic E-state index is 0.306. The molecule has 2 unspecified atom stereocenters. The van der Waals surface area contributed by atoms with Crippen LogP contribution in [0.2, 0.25) is 0 Å². The first-order chi connectivity index (χ1) is 8.65. The smallest absolute Gasteiger partial charge is 0.0843 e. The Balaban J connectivity index is 1.87. The molecular formula is C14H20N4. The summed E-state index contributed by atoms with van der Waals surface area (Å²) in [5, 5.41) is 5.90. The Morgan fingerprint density at radius 3 is 2.83 bits per heavy atom. The summed E-state index contributed by atoms with van der Waals surface area (Å²) in [6.45, 7) is 5.18. The van der Waals surface area contributed by atoms with Crippen LogP contribution in [0.3, 0.4) is 0 Å². The van der Waals surface area contributed by atoms with Crippen LogP contribution in [0.1, 0.15) is 12.6 Å². The summed E-state index contributed by atoms with van der Waals surface area (Å²) in [5.74, 6) is 0.583. The molecule has 0 amide bonds. The molecule has 1 fully saturated rings. The summed E-state index contributed by atoms with van der Waals surface area (Å²) >= 11 is 0. The molecule has 0 aliphatic carbocycles. The van der Waals surface area contributed by atoms with Crippen molar-refractivity contribution < 1.29 is 0 Å². The van der Waals surface area contributed by atoms with Crippen LogP contribution in [-0.4, -0.2) is 33.8 Å². The molecule has 2 aromatic rings. The van der Waals surface area contributed by atoms with Crippen molar-refractivity contribution in [3.8, 4) is 0 Å². The van der Waals surface area contributed by atoms with E-state index in [1.807, 2.05) is 11.7 Å². The Morgan fingerprint density at radius 1 is 1.33 bits per heavy atom. The van der Waals surface area contributed by atoms with Gasteiger partial charge >= 0.3 is 0 Å². The van der Waals surface area contributed by atoms with E-state index >= 15 is 0 Å². The van der Waals surface area contributed by atoms with Crippen molar-refractivity contribution in [1.82, 2.24) is 14.7 Å². The Bertz CT molecular complexity index is 550. The van der Waals surface area contributed by atoms with Crippen molar-refractivity contribution in [1.29, 1.82) is 0 Å². The van der Waals surface area contributed by atoms with Gasteiger partial charge < -0.3 is 5.73 Å². The summed E-state index contributed by atoms with van der Waals surface area (Å²) < 4.78 is 1.96. The molecule has 0 spiro atoms. The van der Waals surface area contributed by atoms with Gasteiger partial charge in [0, 0.05) is 38.1 Å². The number of benzene rings is 1. The van der Waals surface area contributed by atoms with Gasteiger partial charge in [-0.2, -0.15) is 5.10 Å². The van der Waals surface area contributed by atoms with E-state index in [9.17, 15) is 0 Å². The van der Waals surface area contributed by atoms with Crippen LogP contribution in [0.15, 0.2) is 24.3 Å². The van der Waals surface area contributed by atoms with Gasteiger partial charge in [-0.15, -0.1) is 0 Å². The van der Waals surface area contributed by atoms with Crippen LogP contribution in [0, 0.1) is 5.92 Å². The molecule has 1 aliphatic rings. The van der Waals surface area contributed by atoms with Gasteiger partial charge in [0.15, 0.2) is 0 Å². The van der Waals surface area contributed by atoms with E-state index in [0.717, 1.165) is 25.3 Å². The monoisotopic (exact) mass is 244 g/mol. The topological polar surface area (TPSA) is 47.1 Å². The number of rotatable bonds is 2. The lowest BCUT2D eigenvalue weighted by molar-refractivity contribution is 0.315. The molecule has 18 heavy (non-hydrogen) atoms. The second-order valence-electron chi connectivity index (χ2n) is 5.42. The number of aromatic nitrogens is 2. The van der Waals surface area contributed by atoms with Crippen LogP contribution in [0.25, 0.3) is 10.9 Å². The second-order valence-corrected chi connectivity index (χ2v) is 5.42. The molecule has 2 atom stereocenters. The Labute approximate surface area is 107 Å². The second kappa shape index (κ2) is 4.37. The van der Waals surface area contributed by atoms with Gasteiger partial charge in [0.1, 0.15) is 0 Å². The molecule has 1 saturated heterocycles. The highest BCUT2D eigenvalue weighted by Gasteiger charge is 2.27. The highest BCUT2D eigenvalue weighted by Crippen LogP contribution is 2.22. The zero-order chi connectivity index (χ0) is 12.7. The lowest BCUT2D eigenvalue weighted by atomic mass is 10.1. The molecule has 3 rings (SSSR count). The number of para-hydroxylation sites is 1. The first-order valence-corrected chi connectivity index (χ1v) is 6.53. The molecule has 1 aromatic heterocycles. The van der Waals surface area contributed by atoms with E-state index in [4.69, 9.17) is 5.73 Å². The fraction of sp³-hybridized carbons (Fsp3) is 0.500. The molecule has 96 valence electrons. The molecule has 1 aliphatic heterocycles. The van der Waals surface area contributed by atoms with E-state index in [2.05, 4.69) is 41.2 Å². The molecule has 4 heteroatoms. The van der Waals surface area contributed by atoms with Crippen molar-refractivity contribution in [3.05, 3.63) is 30.0 Å². The highest BCUT2D eigenvalue weighted by molar-refractivity contribution is 5.81. The predicted octanol–water partition coefficient (Wildman–Crippen LogP) is 1.35. The summed E-state index contributed by atoms with van der Waals surface area (Å²) in [5.41, 5.74) is 8.43. The summed E-state index contributed by atoms with van der Waals surface area (Å²) in [7, 11) is 2.00. The number of fused-ring (bicyclic) bond motifs is 1. The summed E-state index contributed by atoms with van der Waals surface area (Å²) in [6.07, 6.45) is 0. The number of likely N-dealkylation sites (tertiary alicyclic amines) is 1. The zero-order valence-corrected chi connectivity index (χ0v) is 11.0. The molecule has 0 saturated carbocycles. The van der Waals surface area contributed by atoms with Gasteiger partial charge in [-0.05, 0) is 12.0 Å². The van der Waals surface area contributed by atoms with E-state index in [0.29, 0.717) is 12.0 Å². The fourth-order valence-electron chi connectivity index (χ4n) is 2.84. The van der Waals surface area contributed by atoms with Crippen LogP contribution in [0.4, 0.5) is 0 Å². The standard InChI is InChI=1S/C14H20N4/c1-10-7-18(8-12(10)15)9-13-11-5-3-4-6-14(11)17(2)16-13/h3-6,10,12H,7-9,15H2,1-2H3. The first-order valence-electron chi connectivity index (χ1n) is 6.53. The minimum Gasteiger partial charge on any atom is -0.326 e. The van der Waals surface area contributed by atoms with Gasteiger partial charge in [0.05, 0.1) is 11.2 Å². The zero-order valence-electron chi connectivity index (χ0n) is 11.0. The fourth-order valence-corrected chi connectivity index (χ4v) is 2.84. The van der Waals surface area contributed by atoms with Crippen LogP contribution in [0.5, 0.6) is 0 Å². The highest BCUT2D eigenvalue weighted by atomic mass is 15.3.